The maximum absolute atomic E-state index is 13.0. The van der Waals surface area contributed by atoms with Crippen LogP contribution in [0.5, 0.6) is 0 Å². The van der Waals surface area contributed by atoms with E-state index in [9.17, 15) is 18.0 Å². The number of rotatable bonds is 4. The van der Waals surface area contributed by atoms with E-state index >= 15 is 0 Å². The molecule has 0 unspecified atom stereocenters. The molecule has 0 fully saturated rings. The minimum Gasteiger partial charge on any atom is -0.467 e. The first-order chi connectivity index (χ1) is 12.9. The van der Waals surface area contributed by atoms with Crippen LogP contribution in [0.2, 0.25) is 0 Å². The van der Waals surface area contributed by atoms with Crippen LogP contribution < -0.4 is 5.32 Å². The highest BCUT2D eigenvalue weighted by atomic mass is 19.4. The number of aromatic amines is 1. The smallest absolute Gasteiger partial charge is 0.416 e. The van der Waals surface area contributed by atoms with E-state index in [1.807, 2.05) is 0 Å². The summed E-state index contributed by atoms with van der Waals surface area (Å²) < 4.78 is 45.9. The van der Waals surface area contributed by atoms with E-state index in [-0.39, 0.29) is 23.7 Å². The van der Waals surface area contributed by atoms with Crippen molar-refractivity contribution in [3.63, 3.8) is 0 Å². The van der Waals surface area contributed by atoms with Crippen LogP contribution in [-0.4, -0.2) is 25.7 Å². The summed E-state index contributed by atoms with van der Waals surface area (Å²) >= 11 is 0. The van der Waals surface area contributed by atoms with Crippen LogP contribution in [0.25, 0.3) is 11.0 Å². The highest BCUT2D eigenvalue weighted by Gasteiger charge is 2.31. The molecule has 1 aromatic carbocycles. The van der Waals surface area contributed by atoms with Crippen molar-refractivity contribution in [2.75, 3.05) is 5.32 Å². The molecule has 138 valence electrons. The zero-order valence-electron chi connectivity index (χ0n) is 13.6. The first-order valence-electron chi connectivity index (χ1n) is 7.82. The van der Waals surface area contributed by atoms with Crippen molar-refractivity contribution in [2.45, 2.75) is 12.7 Å². The molecular weight excluding hydrogens is 363 g/mol. The van der Waals surface area contributed by atoms with Crippen molar-refractivity contribution in [1.29, 1.82) is 0 Å². The van der Waals surface area contributed by atoms with Gasteiger partial charge in [-0.05, 0) is 36.4 Å². The SMILES string of the molecule is O=C(Nc1nc2cc(C(F)(F)F)ccc2n1Cc1ccco1)c1ccn[nH]1. The van der Waals surface area contributed by atoms with Crippen LogP contribution in [0.15, 0.2) is 53.3 Å². The van der Waals surface area contributed by atoms with Crippen LogP contribution in [0.3, 0.4) is 0 Å². The number of hydrogen-bond acceptors (Lipinski definition) is 4. The third kappa shape index (κ3) is 3.28. The van der Waals surface area contributed by atoms with Crippen molar-refractivity contribution in [1.82, 2.24) is 19.7 Å². The van der Waals surface area contributed by atoms with Gasteiger partial charge in [-0.15, -0.1) is 0 Å². The van der Waals surface area contributed by atoms with Gasteiger partial charge in [-0.1, -0.05) is 0 Å². The molecule has 27 heavy (non-hydrogen) atoms. The predicted octanol–water partition coefficient (Wildman–Crippen LogP) is 3.67. The lowest BCUT2D eigenvalue weighted by molar-refractivity contribution is -0.137. The highest BCUT2D eigenvalue weighted by molar-refractivity contribution is 6.02. The second-order valence-electron chi connectivity index (χ2n) is 5.73. The van der Waals surface area contributed by atoms with Crippen LogP contribution in [-0.2, 0) is 12.7 Å². The number of fused-ring (bicyclic) bond motifs is 1. The largest absolute Gasteiger partial charge is 0.467 e. The van der Waals surface area contributed by atoms with E-state index in [2.05, 4.69) is 20.5 Å². The number of nitrogens with zero attached hydrogens (tertiary/aromatic N) is 3. The van der Waals surface area contributed by atoms with E-state index in [1.165, 1.54) is 24.6 Å². The molecule has 0 atom stereocenters. The molecule has 0 saturated heterocycles. The predicted molar refractivity (Wildman–Crippen MR) is 89.1 cm³/mol. The number of nitrogens with one attached hydrogen (secondary N) is 2. The van der Waals surface area contributed by atoms with Gasteiger partial charge < -0.3 is 8.98 Å². The molecule has 0 spiro atoms. The minimum atomic E-state index is -4.49. The molecule has 2 N–H and O–H groups in total. The van der Waals surface area contributed by atoms with Gasteiger partial charge in [-0.25, -0.2) is 4.98 Å². The molecule has 3 heterocycles. The van der Waals surface area contributed by atoms with E-state index < -0.39 is 17.6 Å². The fourth-order valence-electron chi connectivity index (χ4n) is 2.67. The first-order valence-corrected chi connectivity index (χ1v) is 7.82. The molecule has 0 aliphatic carbocycles. The summed E-state index contributed by atoms with van der Waals surface area (Å²) in [5.41, 5.74) is -0.0812. The normalized spacial score (nSPS) is 11.8. The van der Waals surface area contributed by atoms with Crippen molar-refractivity contribution in [3.8, 4) is 0 Å². The summed E-state index contributed by atoms with van der Waals surface area (Å²) in [5.74, 6) is 0.145. The number of halogens is 3. The molecule has 3 aromatic heterocycles. The number of H-pyrrole nitrogens is 1. The Kier molecular flexibility index (Phi) is 3.94. The van der Waals surface area contributed by atoms with Gasteiger partial charge >= 0.3 is 6.18 Å². The highest BCUT2D eigenvalue weighted by Crippen LogP contribution is 2.32. The van der Waals surface area contributed by atoms with Gasteiger partial charge in [0.05, 0.1) is 29.4 Å². The van der Waals surface area contributed by atoms with Gasteiger partial charge in [0.1, 0.15) is 11.5 Å². The Bertz CT molecular complexity index is 1080. The lowest BCUT2D eigenvalue weighted by Crippen LogP contribution is -2.16. The quantitative estimate of drug-likeness (QED) is 0.570. The monoisotopic (exact) mass is 375 g/mol. The van der Waals surface area contributed by atoms with Gasteiger partial charge in [0.15, 0.2) is 0 Å². The summed E-state index contributed by atoms with van der Waals surface area (Å²) in [4.78, 5) is 16.5. The van der Waals surface area contributed by atoms with Gasteiger partial charge in [0, 0.05) is 6.20 Å². The average molecular weight is 375 g/mol. The number of carbonyl (C=O) groups is 1. The molecule has 4 aromatic rings. The number of aromatic nitrogens is 4. The number of amides is 1. The Morgan fingerprint density at radius 2 is 2.11 bits per heavy atom. The van der Waals surface area contributed by atoms with Gasteiger partial charge in [0.2, 0.25) is 5.95 Å². The van der Waals surface area contributed by atoms with Gasteiger partial charge in [0.25, 0.3) is 5.91 Å². The van der Waals surface area contributed by atoms with Crippen LogP contribution in [0.4, 0.5) is 19.1 Å². The van der Waals surface area contributed by atoms with Crippen molar-refractivity contribution in [2.24, 2.45) is 0 Å². The van der Waals surface area contributed by atoms with E-state index in [4.69, 9.17) is 4.42 Å². The third-order valence-corrected chi connectivity index (χ3v) is 3.94. The second kappa shape index (κ2) is 6.31. The molecule has 0 bridgehead atoms. The number of hydrogen-bond donors (Lipinski definition) is 2. The molecule has 0 radical (unpaired) electrons. The zero-order chi connectivity index (χ0) is 19.0. The number of imidazole rings is 1. The summed E-state index contributed by atoms with van der Waals surface area (Å²) in [6, 6.07) is 8.12. The van der Waals surface area contributed by atoms with Gasteiger partial charge in [-0.3, -0.25) is 15.2 Å². The minimum absolute atomic E-state index is 0.0975. The van der Waals surface area contributed by atoms with Crippen molar-refractivity contribution < 1.29 is 22.4 Å². The summed E-state index contributed by atoms with van der Waals surface area (Å²) in [6.07, 6.45) is -1.59. The Balaban J connectivity index is 1.78. The molecule has 4 rings (SSSR count). The Morgan fingerprint density at radius 1 is 1.26 bits per heavy atom. The summed E-state index contributed by atoms with van der Waals surface area (Å²) in [7, 11) is 0. The number of anilines is 1. The van der Waals surface area contributed by atoms with E-state index in [0.717, 1.165) is 12.1 Å². The first kappa shape index (κ1) is 16.9. The lowest BCUT2D eigenvalue weighted by Gasteiger charge is -2.09. The van der Waals surface area contributed by atoms with Gasteiger partial charge in [-0.2, -0.15) is 18.3 Å². The van der Waals surface area contributed by atoms with E-state index in [1.54, 1.807) is 16.7 Å². The number of furan rings is 1. The maximum Gasteiger partial charge on any atom is 0.416 e. The van der Waals surface area contributed by atoms with E-state index in [0.29, 0.717) is 11.3 Å². The molecule has 0 aliphatic heterocycles. The molecule has 7 nitrogen and oxygen atoms in total. The fraction of sp³-hybridized carbons (Fsp3) is 0.118. The zero-order valence-corrected chi connectivity index (χ0v) is 13.6. The Labute approximate surface area is 149 Å². The van der Waals surface area contributed by atoms with Crippen LogP contribution in [0.1, 0.15) is 21.8 Å². The summed E-state index contributed by atoms with van der Waals surface area (Å²) in [5, 5.41) is 8.81. The standard InChI is InChI=1S/C17H12F3N5O2/c18-17(19,20)10-3-4-14-13(8-10)22-16(23-15(26)12-5-6-21-24-12)25(14)9-11-2-1-7-27-11/h1-8H,9H2,(H,21,24)(H,22,23,26). The van der Waals surface area contributed by atoms with Crippen LogP contribution in [0, 0.1) is 0 Å². The maximum atomic E-state index is 13.0. The molecule has 0 aliphatic rings. The second-order valence-corrected chi connectivity index (χ2v) is 5.73. The van der Waals surface area contributed by atoms with Crippen molar-refractivity contribution in [3.05, 3.63) is 65.9 Å². The fourth-order valence-corrected chi connectivity index (χ4v) is 2.67. The molecule has 1 amide bonds. The third-order valence-electron chi connectivity index (χ3n) is 3.94. The summed E-state index contributed by atoms with van der Waals surface area (Å²) in [6.45, 7) is 0.188. The number of benzene rings is 1. The topological polar surface area (TPSA) is 88.7 Å². The Morgan fingerprint density at radius 3 is 2.78 bits per heavy atom. The molecule has 0 saturated carbocycles. The average Bonchev–Trinajstić information content (AvgIpc) is 3.36. The lowest BCUT2D eigenvalue weighted by atomic mass is 10.2. The number of alkyl halides is 3. The number of carbonyl (C=O) groups excluding carboxylic acids is 1. The van der Waals surface area contributed by atoms with Crippen molar-refractivity contribution >= 4 is 22.9 Å². The Hall–Kier alpha value is -3.56. The molecular formula is C17H12F3N5O2. The van der Waals surface area contributed by atoms with Crippen LogP contribution >= 0.6 is 0 Å². The molecule has 10 heteroatoms.